The molecule has 24 heavy (non-hydrogen) atoms. The molecule has 0 amide bonds. The van der Waals surface area contributed by atoms with E-state index >= 15 is 0 Å². The molecule has 4 nitrogen and oxygen atoms in total. The molecule has 0 fully saturated rings. The van der Waals surface area contributed by atoms with Crippen LogP contribution in [0.4, 0.5) is 0 Å². The van der Waals surface area contributed by atoms with Crippen molar-refractivity contribution in [2.24, 2.45) is 0 Å². The Labute approximate surface area is 150 Å². The maximum Gasteiger partial charge on any atom is 0.139 e. The molecule has 0 atom stereocenters. The summed E-state index contributed by atoms with van der Waals surface area (Å²) in [5.74, 6) is 1.09. The average molecular weight is 359 g/mol. The van der Waals surface area contributed by atoms with Crippen molar-refractivity contribution in [1.82, 2.24) is 0 Å². The van der Waals surface area contributed by atoms with Gasteiger partial charge in [-0.1, -0.05) is 35.3 Å². The van der Waals surface area contributed by atoms with Crippen LogP contribution in [-0.4, -0.2) is 7.11 Å². The van der Waals surface area contributed by atoms with Crippen LogP contribution in [0.3, 0.4) is 0 Å². The second-order valence-electron chi connectivity index (χ2n) is 4.69. The normalized spacial score (nSPS) is 9.54. The average Bonchev–Trinajstić information content (AvgIpc) is 2.61. The Morgan fingerprint density at radius 3 is 2.54 bits per heavy atom. The van der Waals surface area contributed by atoms with Crippen LogP contribution < -0.4 is 9.47 Å². The molecule has 0 aromatic heterocycles. The molecule has 0 unspecified atom stereocenters. The lowest BCUT2D eigenvalue weighted by Gasteiger charge is -2.12. The van der Waals surface area contributed by atoms with E-state index < -0.39 is 0 Å². The van der Waals surface area contributed by atoms with E-state index in [0.29, 0.717) is 27.1 Å². The van der Waals surface area contributed by atoms with Gasteiger partial charge in [0, 0.05) is 5.56 Å². The molecular formula is C18H12Cl2N2O2. The molecule has 6 heteroatoms. The van der Waals surface area contributed by atoms with Crippen LogP contribution in [-0.2, 0) is 6.61 Å². The molecule has 0 aliphatic rings. The fraction of sp³-hybridized carbons (Fsp3) is 0.111. The number of benzene rings is 2. The topological polar surface area (TPSA) is 66.0 Å². The number of rotatable bonds is 5. The van der Waals surface area contributed by atoms with Crippen LogP contribution in [0.25, 0.3) is 6.08 Å². The minimum absolute atomic E-state index is 0.0184. The van der Waals surface area contributed by atoms with E-state index in [4.69, 9.17) is 43.2 Å². The minimum atomic E-state index is 0.0184. The number of hydrogen-bond acceptors (Lipinski definition) is 4. The van der Waals surface area contributed by atoms with E-state index in [9.17, 15) is 0 Å². The Balaban J connectivity index is 2.29. The van der Waals surface area contributed by atoms with Gasteiger partial charge in [0.05, 0.1) is 12.1 Å². The molecule has 0 saturated heterocycles. The van der Waals surface area contributed by atoms with Crippen LogP contribution in [0.5, 0.6) is 11.5 Å². The Bertz CT molecular complexity index is 848. The van der Waals surface area contributed by atoms with Crippen molar-refractivity contribution in [1.29, 1.82) is 10.5 Å². The highest BCUT2D eigenvalue weighted by Gasteiger charge is 2.09. The van der Waals surface area contributed by atoms with Crippen LogP contribution in [0.2, 0.25) is 10.0 Å². The van der Waals surface area contributed by atoms with Crippen molar-refractivity contribution in [3.05, 3.63) is 63.1 Å². The largest absolute Gasteiger partial charge is 0.496 e. The molecule has 0 aliphatic carbocycles. The molecule has 0 N–H and O–H groups in total. The first-order chi connectivity index (χ1) is 11.6. The highest BCUT2D eigenvalue weighted by Crippen LogP contribution is 2.32. The smallest absolute Gasteiger partial charge is 0.139 e. The van der Waals surface area contributed by atoms with Gasteiger partial charge in [0.25, 0.3) is 0 Å². The third kappa shape index (κ3) is 4.20. The standard InChI is InChI=1S/C18H12Cl2N2O2/c1-23-16-6-5-12(7-13(9-21)10-22)8-14(16)11-24-17-4-2-3-15(19)18(17)20/h2-8H,11H2,1H3. The predicted molar refractivity (Wildman–Crippen MR) is 93.0 cm³/mol. The second-order valence-corrected chi connectivity index (χ2v) is 5.48. The summed E-state index contributed by atoms with van der Waals surface area (Å²) in [6.45, 7) is 0.194. The maximum atomic E-state index is 8.85. The van der Waals surface area contributed by atoms with Crippen molar-refractivity contribution in [2.75, 3.05) is 7.11 Å². The van der Waals surface area contributed by atoms with Crippen LogP contribution in [0.15, 0.2) is 42.0 Å². The highest BCUT2D eigenvalue weighted by molar-refractivity contribution is 6.42. The number of nitrogens with zero attached hydrogens (tertiary/aromatic N) is 2. The predicted octanol–water partition coefficient (Wildman–Crippen LogP) is 5.01. The van der Waals surface area contributed by atoms with Gasteiger partial charge in [-0.3, -0.25) is 0 Å². The first-order valence-corrected chi connectivity index (χ1v) is 7.60. The van der Waals surface area contributed by atoms with Gasteiger partial charge in [-0.2, -0.15) is 10.5 Å². The summed E-state index contributed by atoms with van der Waals surface area (Å²) in [4.78, 5) is 0. The van der Waals surface area contributed by atoms with Crippen molar-refractivity contribution < 1.29 is 9.47 Å². The van der Waals surface area contributed by atoms with Crippen molar-refractivity contribution in [2.45, 2.75) is 6.61 Å². The lowest BCUT2D eigenvalue weighted by atomic mass is 10.1. The summed E-state index contributed by atoms with van der Waals surface area (Å²) < 4.78 is 11.0. The zero-order chi connectivity index (χ0) is 17.5. The fourth-order valence-electron chi connectivity index (χ4n) is 2.01. The summed E-state index contributed by atoms with van der Waals surface area (Å²) in [5.41, 5.74) is 1.46. The van der Waals surface area contributed by atoms with Crippen molar-refractivity contribution in [3.8, 4) is 23.6 Å². The monoisotopic (exact) mass is 358 g/mol. The zero-order valence-corrected chi connectivity index (χ0v) is 14.2. The summed E-state index contributed by atoms with van der Waals surface area (Å²) in [6, 6.07) is 14.1. The first-order valence-electron chi connectivity index (χ1n) is 6.84. The highest BCUT2D eigenvalue weighted by atomic mass is 35.5. The van der Waals surface area contributed by atoms with Crippen LogP contribution >= 0.6 is 23.2 Å². The maximum absolute atomic E-state index is 8.85. The third-order valence-corrected chi connectivity index (χ3v) is 3.96. The minimum Gasteiger partial charge on any atom is -0.496 e. The summed E-state index contributed by atoms with van der Waals surface area (Å²) in [6.07, 6.45) is 1.50. The fourth-order valence-corrected chi connectivity index (χ4v) is 2.35. The van der Waals surface area contributed by atoms with E-state index in [2.05, 4.69) is 0 Å². The number of ether oxygens (including phenoxy) is 2. The lowest BCUT2D eigenvalue weighted by Crippen LogP contribution is -2.00. The van der Waals surface area contributed by atoms with Gasteiger partial charge < -0.3 is 9.47 Å². The molecule has 2 aromatic rings. The van der Waals surface area contributed by atoms with Crippen LogP contribution in [0.1, 0.15) is 11.1 Å². The van der Waals surface area contributed by atoms with Crippen LogP contribution in [0, 0.1) is 22.7 Å². The Hall–Kier alpha value is -2.66. The molecule has 0 spiro atoms. The van der Waals surface area contributed by atoms with Gasteiger partial charge in [-0.15, -0.1) is 0 Å². The molecule has 2 aromatic carbocycles. The second kappa shape index (κ2) is 8.26. The quantitative estimate of drug-likeness (QED) is 0.704. The summed E-state index contributed by atoms with van der Waals surface area (Å²) in [7, 11) is 1.55. The first kappa shape index (κ1) is 17.7. The van der Waals surface area contributed by atoms with Gasteiger partial charge in [-0.25, -0.2) is 0 Å². The zero-order valence-electron chi connectivity index (χ0n) is 12.7. The number of halogens is 2. The number of methoxy groups -OCH3 is 1. The van der Waals surface area contributed by atoms with E-state index in [1.807, 2.05) is 12.1 Å². The van der Waals surface area contributed by atoms with Gasteiger partial charge in [0.15, 0.2) is 0 Å². The molecule has 0 saturated carbocycles. The Morgan fingerprint density at radius 1 is 1.12 bits per heavy atom. The summed E-state index contributed by atoms with van der Waals surface area (Å²) in [5, 5.41) is 18.4. The SMILES string of the molecule is COc1ccc(C=C(C#N)C#N)cc1COc1cccc(Cl)c1Cl. The van der Waals surface area contributed by atoms with Gasteiger partial charge >= 0.3 is 0 Å². The molecule has 0 heterocycles. The third-order valence-electron chi connectivity index (χ3n) is 3.16. The van der Waals surface area contributed by atoms with E-state index in [1.54, 1.807) is 43.5 Å². The summed E-state index contributed by atoms with van der Waals surface area (Å²) >= 11 is 12.1. The molecule has 0 bridgehead atoms. The van der Waals surface area contributed by atoms with E-state index in [-0.39, 0.29) is 12.2 Å². The number of nitriles is 2. The van der Waals surface area contributed by atoms with E-state index in [0.717, 1.165) is 5.56 Å². The lowest BCUT2D eigenvalue weighted by molar-refractivity contribution is 0.297. The Kier molecular flexibility index (Phi) is 6.09. The Morgan fingerprint density at radius 2 is 1.88 bits per heavy atom. The number of allylic oxidation sites excluding steroid dienone is 1. The van der Waals surface area contributed by atoms with Gasteiger partial charge in [0.1, 0.15) is 40.8 Å². The molecule has 2 rings (SSSR count). The van der Waals surface area contributed by atoms with Crippen molar-refractivity contribution in [3.63, 3.8) is 0 Å². The van der Waals surface area contributed by atoms with E-state index in [1.165, 1.54) is 6.08 Å². The number of hydrogen-bond donors (Lipinski definition) is 0. The molecule has 0 aliphatic heterocycles. The van der Waals surface area contributed by atoms with Gasteiger partial charge in [0.2, 0.25) is 0 Å². The molecule has 120 valence electrons. The van der Waals surface area contributed by atoms with Crippen molar-refractivity contribution >= 4 is 29.3 Å². The van der Waals surface area contributed by atoms with Gasteiger partial charge in [-0.05, 0) is 35.9 Å². The molecular weight excluding hydrogens is 347 g/mol. The molecule has 0 radical (unpaired) electrons.